The number of hydrogen-bond donors (Lipinski definition) is 1. The number of carbonyl (C=O) groups is 1. The van der Waals surface area contributed by atoms with E-state index in [1.165, 1.54) is 48.3 Å². The van der Waals surface area contributed by atoms with Crippen molar-refractivity contribution >= 4 is 23.0 Å². The van der Waals surface area contributed by atoms with Gasteiger partial charge in [-0.2, -0.15) is 13.2 Å². The van der Waals surface area contributed by atoms with Crippen molar-refractivity contribution in [3.05, 3.63) is 89.0 Å². The Bertz CT molecular complexity index is 1060. The number of nitrogens with one attached hydrogen (secondary N) is 1. The number of halogens is 5. The van der Waals surface area contributed by atoms with Crippen LogP contribution < -0.4 is 10.2 Å². The van der Waals surface area contributed by atoms with Gasteiger partial charge < -0.3 is 10.2 Å². The Morgan fingerprint density at radius 3 is 2.23 bits per heavy atom. The van der Waals surface area contributed by atoms with Crippen LogP contribution in [-0.2, 0) is 6.18 Å². The first-order valence-electron chi connectivity index (χ1n) is 8.85. The van der Waals surface area contributed by atoms with Crippen molar-refractivity contribution in [3.63, 3.8) is 0 Å². The zero-order valence-electron chi connectivity index (χ0n) is 16.0. The van der Waals surface area contributed by atoms with Crippen LogP contribution in [-0.4, -0.2) is 13.0 Å². The number of benzene rings is 3. The lowest BCUT2D eigenvalue weighted by atomic mass is 10.1. The molecule has 30 heavy (non-hydrogen) atoms. The van der Waals surface area contributed by atoms with Gasteiger partial charge in [-0.25, -0.2) is 8.78 Å². The van der Waals surface area contributed by atoms with Gasteiger partial charge in [0.1, 0.15) is 11.6 Å². The molecule has 0 saturated carbocycles. The highest BCUT2D eigenvalue weighted by atomic mass is 19.4. The molecule has 156 valence electrons. The van der Waals surface area contributed by atoms with Gasteiger partial charge in [0, 0.05) is 18.4 Å². The summed E-state index contributed by atoms with van der Waals surface area (Å²) >= 11 is 0. The maximum atomic E-state index is 13.9. The Morgan fingerprint density at radius 2 is 1.63 bits per heavy atom. The van der Waals surface area contributed by atoms with Crippen LogP contribution in [0, 0.1) is 18.6 Å². The Morgan fingerprint density at radius 1 is 0.967 bits per heavy atom. The molecule has 0 aliphatic carbocycles. The minimum atomic E-state index is -4.72. The van der Waals surface area contributed by atoms with Gasteiger partial charge in [-0.1, -0.05) is 12.1 Å². The first-order chi connectivity index (χ1) is 14.1. The van der Waals surface area contributed by atoms with Crippen LogP contribution in [0.1, 0.15) is 21.5 Å². The van der Waals surface area contributed by atoms with Gasteiger partial charge in [0.05, 0.1) is 16.8 Å². The van der Waals surface area contributed by atoms with Crippen LogP contribution in [0.2, 0.25) is 0 Å². The molecule has 3 aromatic carbocycles. The number of carbonyl (C=O) groups excluding carboxylic acids is 1. The Kier molecular flexibility index (Phi) is 5.78. The quantitative estimate of drug-likeness (QED) is 0.502. The molecule has 0 aliphatic heterocycles. The van der Waals surface area contributed by atoms with Crippen molar-refractivity contribution in [2.24, 2.45) is 0 Å². The molecule has 3 aromatic rings. The fraction of sp³-hybridized carbons (Fsp3) is 0.136. The molecule has 0 fully saturated rings. The van der Waals surface area contributed by atoms with E-state index in [1.807, 2.05) is 0 Å². The summed E-state index contributed by atoms with van der Waals surface area (Å²) in [6.45, 7) is 1.61. The number of aryl methyl sites for hydroxylation is 1. The normalized spacial score (nSPS) is 11.3. The molecule has 0 radical (unpaired) electrons. The average Bonchev–Trinajstić information content (AvgIpc) is 2.67. The van der Waals surface area contributed by atoms with Crippen molar-refractivity contribution in [2.45, 2.75) is 13.1 Å². The molecular weight excluding hydrogens is 403 g/mol. The van der Waals surface area contributed by atoms with Crippen molar-refractivity contribution in [3.8, 4) is 0 Å². The van der Waals surface area contributed by atoms with Crippen LogP contribution in [0.15, 0.2) is 60.7 Å². The lowest BCUT2D eigenvalue weighted by Gasteiger charge is -2.24. The standard InChI is InChI=1S/C22H17F5N2O/c1-13-4-3-5-18(24)20(13)21(30)28-15-7-9-16(10-8-15)29(2)19-11-6-14(23)12-17(19)22(25,26)27/h3-12H,1-2H3,(H,28,30). The van der Waals surface area contributed by atoms with Gasteiger partial charge in [-0.3, -0.25) is 4.79 Å². The molecule has 0 heterocycles. The van der Waals surface area contributed by atoms with Gasteiger partial charge in [0.2, 0.25) is 0 Å². The summed E-state index contributed by atoms with van der Waals surface area (Å²) in [6.07, 6.45) is -4.72. The van der Waals surface area contributed by atoms with Crippen LogP contribution in [0.25, 0.3) is 0 Å². The Hall–Kier alpha value is -3.42. The number of alkyl halides is 3. The third kappa shape index (κ3) is 4.42. The van der Waals surface area contributed by atoms with Gasteiger partial charge in [-0.05, 0) is 61.0 Å². The van der Waals surface area contributed by atoms with Crippen LogP contribution in [0.5, 0.6) is 0 Å². The molecule has 1 amide bonds. The van der Waals surface area contributed by atoms with E-state index in [-0.39, 0.29) is 11.3 Å². The van der Waals surface area contributed by atoms with E-state index in [1.54, 1.807) is 13.0 Å². The summed E-state index contributed by atoms with van der Waals surface area (Å²) in [6, 6.07) is 12.7. The first kappa shape index (κ1) is 21.3. The molecular formula is C22H17F5N2O. The number of hydrogen-bond acceptors (Lipinski definition) is 2. The van der Waals surface area contributed by atoms with Gasteiger partial charge in [-0.15, -0.1) is 0 Å². The predicted molar refractivity (Wildman–Crippen MR) is 105 cm³/mol. The minimum absolute atomic E-state index is 0.0835. The molecule has 0 unspecified atom stereocenters. The molecule has 0 atom stereocenters. The van der Waals surface area contributed by atoms with Crippen LogP contribution >= 0.6 is 0 Å². The molecule has 0 saturated heterocycles. The van der Waals surface area contributed by atoms with Crippen molar-refractivity contribution < 1.29 is 26.7 Å². The smallest absolute Gasteiger partial charge is 0.344 e. The maximum absolute atomic E-state index is 13.9. The molecule has 3 nitrogen and oxygen atoms in total. The summed E-state index contributed by atoms with van der Waals surface area (Å²) in [5, 5.41) is 2.56. The molecule has 0 bridgehead atoms. The predicted octanol–water partition coefficient (Wildman–Crippen LogP) is 6.31. The number of amides is 1. The second-order valence-corrected chi connectivity index (χ2v) is 6.65. The van der Waals surface area contributed by atoms with Gasteiger partial charge in [0.15, 0.2) is 0 Å². The highest BCUT2D eigenvalue weighted by molar-refractivity contribution is 6.05. The monoisotopic (exact) mass is 420 g/mol. The zero-order valence-corrected chi connectivity index (χ0v) is 16.0. The Balaban J connectivity index is 1.84. The minimum Gasteiger partial charge on any atom is -0.344 e. The fourth-order valence-corrected chi connectivity index (χ4v) is 3.05. The largest absolute Gasteiger partial charge is 0.418 e. The summed E-state index contributed by atoms with van der Waals surface area (Å²) < 4.78 is 67.1. The zero-order chi connectivity index (χ0) is 22.1. The highest BCUT2D eigenvalue weighted by Crippen LogP contribution is 2.39. The van der Waals surface area contributed by atoms with Crippen LogP contribution in [0.3, 0.4) is 0 Å². The number of nitrogens with zero attached hydrogens (tertiary/aromatic N) is 1. The molecule has 0 aliphatic rings. The average molecular weight is 420 g/mol. The van der Waals surface area contributed by atoms with Crippen molar-refractivity contribution in [1.82, 2.24) is 0 Å². The summed E-state index contributed by atoms with van der Waals surface area (Å²) in [7, 11) is 1.42. The molecule has 8 heteroatoms. The third-order valence-corrected chi connectivity index (χ3v) is 4.59. The summed E-state index contributed by atoms with van der Waals surface area (Å²) in [4.78, 5) is 13.6. The summed E-state index contributed by atoms with van der Waals surface area (Å²) in [5.74, 6) is -2.27. The van der Waals surface area contributed by atoms with E-state index in [4.69, 9.17) is 0 Å². The lowest BCUT2D eigenvalue weighted by molar-refractivity contribution is -0.137. The topological polar surface area (TPSA) is 32.3 Å². The molecule has 3 rings (SSSR count). The number of rotatable bonds is 4. The highest BCUT2D eigenvalue weighted by Gasteiger charge is 2.35. The van der Waals surface area contributed by atoms with E-state index in [0.29, 0.717) is 23.0 Å². The van der Waals surface area contributed by atoms with Crippen molar-refractivity contribution in [2.75, 3.05) is 17.3 Å². The van der Waals surface area contributed by atoms with E-state index in [2.05, 4.69) is 5.32 Å². The third-order valence-electron chi connectivity index (χ3n) is 4.59. The van der Waals surface area contributed by atoms with Crippen molar-refractivity contribution in [1.29, 1.82) is 0 Å². The lowest BCUT2D eigenvalue weighted by Crippen LogP contribution is -2.17. The van der Waals surface area contributed by atoms with E-state index >= 15 is 0 Å². The van der Waals surface area contributed by atoms with E-state index in [9.17, 15) is 26.7 Å². The first-order valence-corrected chi connectivity index (χ1v) is 8.85. The fourth-order valence-electron chi connectivity index (χ4n) is 3.05. The molecule has 0 aromatic heterocycles. The second-order valence-electron chi connectivity index (χ2n) is 6.65. The van der Waals surface area contributed by atoms with Crippen LogP contribution in [0.4, 0.5) is 39.0 Å². The summed E-state index contributed by atoms with van der Waals surface area (Å²) in [5.41, 5.74) is -0.207. The Labute approximate surface area is 169 Å². The molecule has 1 N–H and O–H groups in total. The molecule has 0 spiro atoms. The van der Waals surface area contributed by atoms with E-state index < -0.39 is 29.3 Å². The maximum Gasteiger partial charge on any atom is 0.418 e. The van der Waals surface area contributed by atoms with E-state index in [0.717, 1.165) is 12.1 Å². The number of anilines is 3. The SMILES string of the molecule is Cc1cccc(F)c1C(=O)Nc1ccc(N(C)c2ccc(F)cc2C(F)(F)F)cc1. The second kappa shape index (κ2) is 8.14. The van der Waals surface area contributed by atoms with Gasteiger partial charge >= 0.3 is 6.18 Å². The van der Waals surface area contributed by atoms with Gasteiger partial charge in [0.25, 0.3) is 5.91 Å².